The van der Waals surface area contributed by atoms with Gasteiger partial charge in [0, 0.05) is 40.8 Å². The summed E-state index contributed by atoms with van der Waals surface area (Å²) in [6.07, 6.45) is 7.32. The number of benzene rings is 4. The lowest BCUT2D eigenvalue weighted by Crippen LogP contribution is -2.60. The number of hydrogen-bond donors (Lipinski definition) is 4. The molecule has 4 aromatic carbocycles. The quantitative estimate of drug-likeness (QED) is 0.0625. The zero-order valence-corrected chi connectivity index (χ0v) is 45.2. The normalized spacial score (nSPS) is 18.1. The number of ether oxygens (including phenoxy) is 2. The van der Waals surface area contributed by atoms with E-state index in [1.807, 2.05) is 15.7 Å². The average Bonchev–Trinajstić information content (AvgIpc) is 4.39. The summed E-state index contributed by atoms with van der Waals surface area (Å²) in [4.78, 5) is 32.1. The van der Waals surface area contributed by atoms with Gasteiger partial charge in [-0.25, -0.2) is 14.6 Å². The van der Waals surface area contributed by atoms with Crippen molar-refractivity contribution in [2.24, 2.45) is 0 Å². The number of pyridine rings is 2. The molecule has 4 fully saturated rings. The van der Waals surface area contributed by atoms with Crippen LogP contribution in [0.4, 0.5) is 11.5 Å². The van der Waals surface area contributed by atoms with Crippen molar-refractivity contribution in [2.75, 3.05) is 36.0 Å². The Kier molecular flexibility index (Phi) is 13.5. The molecule has 4 N–H and O–H groups in total. The number of carbonyl (C=O) groups is 2. The Labute approximate surface area is 474 Å². The largest absolute Gasteiger partial charge is 0.489 e. The molecule has 398 valence electrons. The third-order valence-electron chi connectivity index (χ3n) is 14.7. The molecule has 8 aromatic rings. The summed E-state index contributed by atoms with van der Waals surface area (Å²) >= 11 is 40.3. The van der Waals surface area contributed by atoms with Crippen molar-refractivity contribution < 1.29 is 53.1 Å². The molecule has 0 radical (unpaired) electrons. The van der Waals surface area contributed by atoms with Gasteiger partial charge in [-0.1, -0.05) is 104 Å². The van der Waals surface area contributed by atoms with Gasteiger partial charge >= 0.3 is 11.9 Å². The van der Waals surface area contributed by atoms with Gasteiger partial charge in [-0.3, -0.25) is 0 Å². The van der Waals surface area contributed by atoms with Gasteiger partial charge in [0.2, 0.25) is 0 Å². The average molecular weight is 1170 g/mol. The number of β-amino-alcohol motifs (C(OH)–C–C–N with tert-alkyl or cyclic N) is 2. The summed E-state index contributed by atoms with van der Waals surface area (Å²) in [5.74, 6) is 0.213. The first-order valence-electron chi connectivity index (χ1n) is 24.6. The van der Waals surface area contributed by atoms with Gasteiger partial charge < -0.3 is 48.7 Å². The van der Waals surface area contributed by atoms with Crippen LogP contribution in [0.3, 0.4) is 0 Å². The molecule has 0 spiro atoms. The molecule has 0 amide bonds. The first kappa shape index (κ1) is 52.1. The van der Waals surface area contributed by atoms with Crippen LogP contribution in [0.15, 0.2) is 119 Å². The van der Waals surface area contributed by atoms with Crippen molar-refractivity contribution in [1.29, 1.82) is 0 Å². The summed E-state index contributed by atoms with van der Waals surface area (Å²) in [6, 6.07) is 24.6. The zero-order valence-electron chi connectivity index (χ0n) is 40.7. The lowest BCUT2D eigenvalue weighted by Gasteiger charge is -2.47. The van der Waals surface area contributed by atoms with E-state index in [0.29, 0.717) is 94.5 Å². The number of aliphatic hydroxyl groups is 2. The minimum Gasteiger partial charge on any atom is -0.489 e. The molecular formula is C56H43Cl6N6O10+. The summed E-state index contributed by atoms with van der Waals surface area (Å²) in [5, 5.41) is 54.2. The lowest BCUT2D eigenvalue weighted by molar-refractivity contribution is -0.701. The van der Waals surface area contributed by atoms with Gasteiger partial charge in [0.25, 0.3) is 0 Å². The summed E-state index contributed by atoms with van der Waals surface area (Å²) in [7, 11) is 0. The van der Waals surface area contributed by atoms with Crippen molar-refractivity contribution >= 4 is 93.0 Å². The molecule has 12 rings (SSSR count). The molecule has 2 unspecified atom stereocenters. The Bertz CT molecular complexity index is 3690. The van der Waals surface area contributed by atoms with Crippen molar-refractivity contribution in [2.45, 2.75) is 61.6 Å². The maximum Gasteiger partial charge on any atom is 0.341 e. The number of halogens is 6. The molecule has 6 heterocycles. The Morgan fingerprint density at radius 2 is 1.14 bits per heavy atom. The number of nitrogens with zero attached hydrogens (tertiary/aromatic N) is 6. The van der Waals surface area contributed by atoms with Gasteiger partial charge in [-0.05, 0) is 79.6 Å². The Morgan fingerprint density at radius 1 is 0.628 bits per heavy atom. The van der Waals surface area contributed by atoms with E-state index in [4.69, 9.17) is 88.1 Å². The first-order chi connectivity index (χ1) is 37.4. The predicted octanol–water partition coefficient (Wildman–Crippen LogP) is 12.2. The van der Waals surface area contributed by atoms with Crippen LogP contribution in [0.2, 0.25) is 30.1 Å². The van der Waals surface area contributed by atoms with E-state index in [1.54, 1.807) is 90.0 Å². The third kappa shape index (κ3) is 9.76. The Hall–Kier alpha value is -6.60. The second-order valence-electron chi connectivity index (χ2n) is 20.0. The fraction of sp³-hybridized carbons (Fsp3) is 0.250. The molecule has 22 heteroatoms. The van der Waals surface area contributed by atoms with Gasteiger partial charge in [0.05, 0.1) is 78.9 Å². The van der Waals surface area contributed by atoms with Crippen molar-refractivity contribution in [3.8, 4) is 34.0 Å². The smallest absolute Gasteiger partial charge is 0.341 e. The number of carboxylic acids is 2. The summed E-state index contributed by atoms with van der Waals surface area (Å²) < 4.78 is 26.4. The molecular weight excluding hydrogens is 1130 g/mol. The van der Waals surface area contributed by atoms with Crippen LogP contribution in [0.25, 0.3) is 22.5 Å². The topological polar surface area (TPSA) is 209 Å². The maximum absolute atomic E-state index is 12.6. The van der Waals surface area contributed by atoms with Crippen LogP contribution in [-0.4, -0.2) is 73.8 Å². The van der Waals surface area contributed by atoms with Crippen molar-refractivity contribution in [1.82, 2.24) is 15.3 Å². The molecule has 2 aliphatic heterocycles. The SMILES string of the molecule is O=C(O)c1ccnc(N2CC(O)(c3ccc(OCc4c(-c5c(Cl)cccc5Cl)noc4C4CC4[n+]4cc(C(=O)O)cc(N5CC(O)(c6ccc(OCc7c(-c8c(Cl)cccc8Cl)noc7C7CC7)cc6Cl)C5)c4)cc3Cl)C2)c1. The minimum absolute atomic E-state index is 0.0408. The summed E-state index contributed by atoms with van der Waals surface area (Å²) in [5.41, 5.74) is 2.14. The predicted molar refractivity (Wildman–Crippen MR) is 291 cm³/mol. The van der Waals surface area contributed by atoms with E-state index in [-0.39, 0.29) is 78.4 Å². The standard InChI is InChI=1S/C56H42Cl6N6O10/c57-39-3-1-4-40(58)47(39)49-35(51(77-64-49)28-7-8-28)22-75-32-9-11-37(43(61)17-32)55(73)24-67(25-55)31-15-30(54(71)72)20-66(21-31)45-19-34(45)52-36(50(65-78-52)48-41(59)5-2-6-42(48)60)23-76-33-10-12-38(44(62)18-33)56(74)26-68(27-56)46-16-29(53(69)70)13-14-63-46/h1-6,9-18,20-21,28,34,45,73-74H,7-8,19,22-27H2,(H-,69,70,71,72)/p+1. The van der Waals surface area contributed by atoms with E-state index in [0.717, 1.165) is 24.2 Å². The fourth-order valence-electron chi connectivity index (χ4n) is 10.4. The number of carboxylic acid groups (broad SMARTS) is 2. The van der Waals surface area contributed by atoms with E-state index >= 15 is 0 Å². The zero-order chi connectivity index (χ0) is 54.4. The van der Waals surface area contributed by atoms with Gasteiger partial charge in [0.15, 0.2) is 24.2 Å². The third-order valence-corrected chi connectivity index (χ3v) is 16.6. The van der Waals surface area contributed by atoms with Gasteiger partial charge in [-0.15, -0.1) is 0 Å². The van der Waals surface area contributed by atoms with Gasteiger partial charge in [0.1, 0.15) is 70.1 Å². The fourth-order valence-corrected chi connectivity index (χ4v) is 12.2. The number of rotatable bonds is 17. The van der Waals surface area contributed by atoms with Crippen LogP contribution < -0.4 is 23.8 Å². The van der Waals surface area contributed by atoms with E-state index in [1.165, 1.54) is 18.3 Å². The monoisotopic (exact) mass is 1170 g/mol. The number of aromatic carboxylic acids is 2. The molecule has 2 aliphatic carbocycles. The highest BCUT2D eigenvalue weighted by Gasteiger charge is 2.53. The number of aromatic nitrogens is 4. The highest BCUT2D eigenvalue weighted by atomic mass is 35.5. The van der Waals surface area contributed by atoms with E-state index in [2.05, 4.69) is 15.3 Å². The van der Waals surface area contributed by atoms with Crippen LogP contribution >= 0.6 is 69.6 Å². The second-order valence-corrected chi connectivity index (χ2v) is 22.4. The first-order valence-corrected chi connectivity index (χ1v) is 26.9. The molecule has 2 saturated carbocycles. The molecule has 2 saturated heterocycles. The van der Waals surface area contributed by atoms with Crippen LogP contribution in [0, 0.1) is 0 Å². The molecule has 16 nitrogen and oxygen atoms in total. The lowest BCUT2D eigenvalue weighted by atomic mass is 9.85. The van der Waals surface area contributed by atoms with E-state index in [9.17, 15) is 30.0 Å². The minimum atomic E-state index is -1.37. The van der Waals surface area contributed by atoms with Crippen LogP contribution in [0.1, 0.15) is 91.6 Å². The Morgan fingerprint density at radius 3 is 1.65 bits per heavy atom. The van der Waals surface area contributed by atoms with Gasteiger partial charge in [-0.2, -0.15) is 4.57 Å². The molecule has 2 atom stereocenters. The van der Waals surface area contributed by atoms with Crippen LogP contribution in [0.5, 0.6) is 11.5 Å². The Balaban J connectivity index is 0.748. The number of hydrogen-bond acceptors (Lipinski definition) is 13. The molecule has 4 aliphatic rings. The molecule has 78 heavy (non-hydrogen) atoms. The highest BCUT2D eigenvalue weighted by molar-refractivity contribution is 6.40. The second kappa shape index (κ2) is 20.2. The van der Waals surface area contributed by atoms with E-state index < -0.39 is 23.1 Å². The van der Waals surface area contributed by atoms with Crippen molar-refractivity contribution in [3.63, 3.8) is 0 Å². The van der Waals surface area contributed by atoms with Crippen LogP contribution in [-0.2, 0) is 24.4 Å². The maximum atomic E-state index is 12.6. The number of anilines is 2. The van der Waals surface area contributed by atoms with Crippen molar-refractivity contribution in [3.05, 3.63) is 185 Å². The molecule has 0 bridgehead atoms. The summed E-state index contributed by atoms with van der Waals surface area (Å²) in [6.45, 7) is 0.545. The molecule has 4 aromatic heterocycles. The highest BCUT2D eigenvalue weighted by Crippen LogP contribution is 2.53.